The molecule has 16 heteroatoms. The number of benzene rings is 2. The van der Waals surface area contributed by atoms with Crippen molar-refractivity contribution in [2.45, 2.75) is 26.2 Å². The van der Waals surface area contributed by atoms with Crippen molar-refractivity contribution in [3.05, 3.63) is 75.6 Å². The third-order valence-electron chi connectivity index (χ3n) is 6.82. The van der Waals surface area contributed by atoms with Gasteiger partial charge in [0, 0.05) is 33.2 Å². The molecule has 0 spiro atoms. The van der Waals surface area contributed by atoms with Gasteiger partial charge in [-0.2, -0.15) is 28.4 Å². The molecule has 0 bridgehead atoms. The molecule has 0 radical (unpaired) electrons. The highest BCUT2D eigenvalue weighted by Gasteiger charge is 2.38. The number of alkyl halides is 3. The number of carboxylic acids is 1. The van der Waals surface area contributed by atoms with Crippen molar-refractivity contribution >= 4 is 29.0 Å². The van der Waals surface area contributed by atoms with E-state index in [1.54, 1.807) is 54.0 Å². The van der Waals surface area contributed by atoms with Crippen molar-refractivity contribution < 1.29 is 32.6 Å². The van der Waals surface area contributed by atoms with Crippen LogP contribution in [0.5, 0.6) is 11.8 Å². The number of aliphatic carboxylic acids is 1. The molecule has 1 aliphatic heterocycles. The van der Waals surface area contributed by atoms with Crippen LogP contribution >= 0.6 is 0 Å². The fraction of sp³-hybridized carbons (Fsp3) is 0.290. The molecule has 4 aromatic rings. The van der Waals surface area contributed by atoms with Gasteiger partial charge >= 0.3 is 18.2 Å². The molecule has 0 saturated carbocycles. The predicted octanol–water partition coefficient (Wildman–Crippen LogP) is 2.73. The summed E-state index contributed by atoms with van der Waals surface area (Å²) in [5.74, 6) is 3.72. The summed E-state index contributed by atoms with van der Waals surface area (Å²) >= 11 is 0. The summed E-state index contributed by atoms with van der Waals surface area (Å²) in [7, 11) is 1.53. The summed E-state index contributed by atoms with van der Waals surface area (Å²) < 4.78 is 41.1. The first-order valence-corrected chi connectivity index (χ1v) is 14.1. The molecule has 1 amide bonds. The number of hydrogen-bond donors (Lipinski definition) is 3. The number of ether oxygens (including phenoxy) is 1. The van der Waals surface area contributed by atoms with E-state index in [4.69, 9.17) is 24.6 Å². The molecule has 0 aliphatic carbocycles. The molecule has 3 N–H and O–H groups in total. The molecule has 0 unspecified atom stereocenters. The molecule has 2 aromatic carbocycles. The number of anilines is 1. The average Bonchev–Trinajstić information content (AvgIpc) is 3.44. The number of nitrogens with one attached hydrogen (secondary N) is 2. The Morgan fingerprint density at radius 1 is 1.11 bits per heavy atom. The van der Waals surface area contributed by atoms with Gasteiger partial charge in [0.25, 0.3) is 11.5 Å². The topological polar surface area (TPSA) is 167 Å². The maximum atomic E-state index is 14.2. The molecular formula is C31H29F3N8O5. The quantitative estimate of drug-likeness (QED) is 0.253. The minimum atomic E-state index is -5.08. The number of imidazole rings is 1. The van der Waals surface area contributed by atoms with Gasteiger partial charge in [0.05, 0.1) is 30.3 Å². The van der Waals surface area contributed by atoms with Crippen LogP contribution in [0.2, 0.25) is 0 Å². The SMILES string of the molecule is CC#CCn1c(N2CCNCC2)nc2nc(Oc3ccccc3C(=O)NC)n(Cc3cccc(C#N)c3)c(=O)c21.O=C(O)C(F)(F)F. The summed E-state index contributed by atoms with van der Waals surface area (Å²) in [6.07, 6.45) is -5.08. The number of amides is 1. The molecule has 3 heterocycles. The van der Waals surface area contributed by atoms with Gasteiger partial charge in [-0.25, -0.2) is 4.79 Å². The Labute approximate surface area is 266 Å². The molecular weight excluding hydrogens is 621 g/mol. The third kappa shape index (κ3) is 8.05. The minimum absolute atomic E-state index is 0.0192. The number of para-hydroxylation sites is 1. The van der Waals surface area contributed by atoms with Gasteiger partial charge in [0.15, 0.2) is 11.2 Å². The standard InChI is InChI=1S/C29H28N8O3.C2HF3O2/c1-3-4-14-36-24-25(33-28(36)35-15-12-32-13-16-35)34-29(40-23-11-6-5-10-22(23)26(38)31-2)37(27(24)39)19-21-9-7-8-20(17-21)18-30;3-2(4,5)1(6)7/h5-11,17,32H,12-16,19H2,1-2H3,(H,31,38);(H,6,7). The van der Waals surface area contributed by atoms with Gasteiger partial charge in [-0.3, -0.25) is 18.7 Å². The molecule has 1 aliphatic rings. The van der Waals surface area contributed by atoms with Crippen LogP contribution in [0.15, 0.2) is 53.3 Å². The van der Waals surface area contributed by atoms with E-state index in [9.17, 15) is 28.0 Å². The van der Waals surface area contributed by atoms with Crippen molar-refractivity contribution in [3.8, 4) is 29.7 Å². The van der Waals surface area contributed by atoms with Crippen molar-refractivity contribution in [1.29, 1.82) is 5.26 Å². The van der Waals surface area contributed by atoms with Gasteiger partial charge in [0.2, 0.25) is 5.95 Å². The van der Waals surface area contributed by atoms with E-state index in [1.165, 1.54) is 11.6 Å². The summed E-state index contributed by atoms with van der Waals surface area (Å²) in [6, 6.07) is 15.8. The number of nitrogens with zero attached hydrogens (tertiary/aromatic N) is 6. The highest BCUT2D eigenvalue weighted by Crippen LogP contribution is 2.27. The number of piperazine rings is 1. The first-order valence-electron chi connectivity index (χ1n) is 14.1. The van der Waals surface area contributed by atoms with Crippen molar-refractivity contribution in [2.75, 3.05) is 38.1 Å². The van der Waals surface area contributed by atoms with Crippen LogP contribution < -0.4 is 25.8 Å². The van der Waals surface area contributed by atoms with Crippen LogP contribution in [0.3, 0.4) is 0 Å². The molecule has 1 fully saturated rings. The lowest BCUT2D eigenvalue weighted by atomic mass is 10.1. The highest BCUT2D eigenvalue weighted by molar-refractivity contribution is 5.96. The van der Waals surface area contributed by atoms with E-state index in [1.807, 2.05) is 6.07 Å². The number of carbonyl (C=O) groups is 2. The van der Waals surface area contributed by atoms with Crippen molar-refractivity contribution in [3.63, 3.8) is 0 Å². The van der Waals surface area contributed by atoms with Crippen molar-refractivity contribution in [2.24, 2.45) is 0 Å². The van der Waals surface area contributed by atoms with Gasteiger partial charge in [-0.15, -0.1) is 5.92 Å². The van der Waals surface area contributed by atoms with E-state index in [0.717, 1.165) is 26.2 Å². The fourth-order valence-corrected chi connectivity index (χ4v) is 4.61. The first-order chi connectivity index (χ1) is 22.5. The number of aromatic nitrogens is 4. The number of carbonyl (C=O) groups excluding carboxylic acids is 1. The second-order valence-electron chi connectivity index (χ2n) is 9.91. The molecule has 244 valence electrons. The lowest BCUT2D eigenvalue weighted by molar-refractivity contribution is -0.192. The molecule has 1 saturated heterocycles. The predicted molar refractivity (Wildman–Crippen MR) is 164 cm³/mol. The van der Waals surface area contributed by atoms with Gasteiger partial charge in [-0.05, 0) is 36.8 Å². The molecule has 0 atom stereocenters. The maximum absolute atomic E-state index is 14.2. The van der Waals surface area contributed by atoms with Crippen LogP contribution in [0, 0.1) is 23.2 Å². The Kier molecular flexibility index (Phi) is 10.8. The largest absolute Gasteiger partial charge is 0.490 e. The van der Waals surface area contributed by atoms with Crippen LogP contribution in [0.4, 0.5) is 19.1 Å². The fourth-order valence-electron chi connectivity index (χ4n) is 4.61. The first kappa shape index (κ1) is 34.0. The summed E-state index contributed by atoms with van der Waals surface area (Å²) in [4.78, 5) is 47.2. The zero-order valence-electron chi connectivity index (χ0n) is 25.3. The second-order valence-corrected chi connectivity index (χ2v) is 9.91. The second kappa shape index (κ2) is 14.9. The number of carboxylic acid groups (broad SMARTS) is 1. The van der Waals surface area contributed by atoms with Crippen LogP contribution in [0.25, 0.3) is 11.2 Å². The Bertz CT molecular complexity index is 1950. The van der Waals surface area contributed by atoms with Crippen LogP contribution in [-0.4, -0.2) is 75.5 Å². The highest BCUT2D eigenvalue weighted by atomic mass is 19.4. The number of hydrogen-bond acceptors (Lipinski definition) is 9. The van der Waals surface area contributed by atoms with E-state index in [2.05, 4.69) is 33.4 Å². The summed E-state index contributed by atoms with van der Waals surface area (Å²) in [5, 5.41) is 22.5. The Hall–Kier alpha value is -5.87. The Morgan fingerprint density at radius 3 is 2.45 bits per heavy atom. The molecule has 13 nitrogen and oxygen atoms in total. The van der Waals surface area contributed by atoms with Gasteiger partial charge in [0.1, 0.15) is 5.75 Å². The summed E-state index contributed by atoms with van der Waals surface area (Å²) in [6.45, 7) is 5.13. The molecule has 5 rings (SSSR count). The Balaban J connectivity index is 0.000000644. The smallest absolute Gasteiger partial charge is 0.475 e. The van der Waals surface area contributed by atoms with Gasteiger partial charge < -0.3 is 25.4 Å². The zero-order chi connectivity index (χ0) is 34.1. The minimum Gasteiger partial charge on any atom is -0.475 e. The van der Waals surface area contributed by atoms with Gasteiger partial charge in [-0.1, -0.05) is 30.2 Å². The van der Waals surface area contributed by atoms with Crippen LogP contribution in [-0.2, 0) is 17.9 Å². The van der Waals surface area contributed by atoms with Crippen LogP contribution in [0.1, 0.15) is 28.4 Å². The third-order valence-corrected chi connectivity index (χ3v) is 6.82. The Morgan fingerprint density at radius 2 is 1.81 bits per heavy atom. The number of halogens is 3. The number of fused-ring (bicyclic) bond motifs is 1. The van der Waals surface area contributed by atoms with E-state index >= 15 is 0 Å². The normalized spacial score (nSPS) is 12.6. The van der Waals surface area contributed by atoms with Crippen molar-refractivity contribution in [1.82, 2.24) is 29.7 Å². The number of nitriles is 1. The lowest BCUT2D eigenvalue weighted by Crippen LogP contribution is -2.44. The average molecular weight is 651 g/mol. The van der Waals surface area contributed by atoms with E-state index in [-0.39, 0.29) is 42.0 Å². The summed E-state index contributed by atoms with van der Waals surface area (Å²) in [5.41, 5.74) is 1.64. The molecule has 47 heavy (non-hydrogen) atoms. The number of rotatable bonds is 7. The zero-order valence-corrected chi connectivity index (χ0v) is 25.3. The monoisotopic (exact) mass is 650 g/mol. The molecule has 2 aromatic heterocycles. The van der Waals surface area contributed by atoms with E-state index in [0.29, 0.717) is 28.2 Å². The van der Waals surface area contributed by atoms with E-state index < -0.39 is 12.1 Å². The maximum Gasteiger partial charge on any atom is 0.490 e. The lowest BCUT2D eigenvalue weighted by Gasteiger charge is -2.28.